The highest BCUT2D eigenvalue weighted by Crippen LogP contribution is 2.28. The summed E-state index contributed by atoms with van der Waals surface area (Å²) in [4.78, 5) is 2.16. The Bertz CT molecular complexity index is 611. The van der Waals surface area contributed by atoms with Crippen molar-refractivity contribution in [1.29, 1.82) is 0 Å². The van der Waals surface area contributed by atoms with Crippen molar-refractivity contribution in [3.63, 3.8) is 0 Å². The predicted molar refractivity (Wildman–Crippen MR) is 95.9 cm³/mol. The molecule has 0 aliphatic heterocycles. The molecular formula is C19H28N2O3. The van der Waals surface area contributed by atoms with Gasteiger partial charge in [-0.2, -0.15) is 0 Å². The van der Waals surface area contributed by atoms with Gasteiger partial charge in [0.25, 0.3) is 0 Å². The number of hydrogen-bond donors (Lipinski definition) is 1. The largest absolute Gasteiger partial charge is 0.493 e. The fourth-order valence-electron chi connectivity index (χ4n) is 2.76. The molecule has 2 atom stereocenters. The summed E-state index contributed by atoms with van der Waals surface area (Å²) in [6.07, 6.45) is 2.64. The molecule has 0 radical (unpaired) electrons. The highest BCUT2D eigenvalue weighted by Gasteiger charge is 2.17. The first-order chi connectivity index (χ1) is 11.5. The van der Waals surface area contributed by atoms with Crippen LogP contribution in [0.3, 0.4) is 0 Å². The van der Waals surface area contributed by atoms with Crippen LogP contribution in [0.1, 0.15) is 24.3 Å². The average molecular weight is 332 g/mol. The highest BCUT2D eigenvalue weighted by atomic mass is 16.5. The summed E-state index contributed by atoms with van der Waals surface area (Å²) in [5.41, 5.74) is 1.21. The Labute approximate surface area is 144 Å². The van der Waals surface area contributed by atoms with E-state index in [4.69, 9.17) is 13.9 Å². The zero-order valence-electron chi connectivity index (χ0n) is 15.2. The molecule has 2 aromatic rings. The van der Waals surface area contributed by atoms with E-state index in [9.17, 15) is 0 Å². The van der Waals surface area contributed by atoms with E-state index in [0.29, 0.717) is 6.04 Å². The van der Waals surface area contributed by atoms with E-state index in [0.717, 1.165) is 30.2 Å². The number of nitrogens with one attached hydrogen (secondary N) is 1. The maximum atomic E-state index is 5.55. The van der Waals surface area contributed by atoms with Crippen LogP contribution in [0.4, 0.5) is 0 Å². The zero-order chi connectivity index (χ0) is 17.5. The van der Waals surface area contributed by atoms with Crippen molar-refractivity contribution in [2.75, 3.05) is 34.9 Å². The summed E-state index contributed by atoms with van der Waals surface area (Å²) in [5.74, 6) is 2.50. The number of likely N-dealkylation sites (N-methyl/N-ethyl adjacent to an activating group) is 1. The Morgan fingerprint density at radius 2 is 1.88 bits per heavy atom. The first-order valence-electron chi connectivity index (χ1n) is 8.19. The van der Waals surface area contributed by atoms with E-state index in [1.807, 2.05) is 24.3 Å². The molecule has 2 unspecified atom stereocenters. The molecule has 132 valence electrons. The molecule has 0 amide bonds. The molecule has 0 saturated carbocycles. The summed E-state index contributed by atoms with van der Waals surface area (Å²) < 4.78 is 16.2. The molecule has 0 aliphatic rings. The van der Waals surface area contributed by atoms with Crippen LogP contribution in [0.15, 0.2) is 41.0 Å². The number of ether oxygens (including phenoxy) is 2. The Balaban J connectivity index is 1.94. The van der Waals surface area contributed by atoms with Crippen LogP contribution < -0.4 is 14.8 Å². The molecule has 0 aliphatic carbocycles. The van der Waals surface area contributed by atoms with Crippen LogP contribution in [0.25, 0.3) is 0 Å². The molecule has 0 bridgehead atoms. The van der Waals surface area contributed by atoms with Crippen LogP contribution in [0, 0.1) is 0 Å². The molecule has 5 nitrogen and oxygen atoms in total. The van der Waals surface area contributed by atoms with E-state index >= 15 is 0 Å². The van der Waals surface area contributed by atoms with E-state index in [2.05, 4.69) is 37.3 Å². The third kappa shape index (κ3) is 4.76. The predicted octanol–water partition coefficient (Wildman–Crippen LogP) is 3.12. The van der Waals surface area contributed by atoms with Gasteiger partial charge in [0.2, 0.25) is 0 Å². The van der Waals surface area contributed by atoms with Gasteiger partial charge in [-0.1, -0.05) is 6.07 Å². The molecule has 0 spiro atoms. The van der Waals surface area contributed by atoms with Gasteiger partial charge in [-0.05, 0) is 57.3 Å². The Morgan fingerprint density at radius 1 is 1.12 bits per heavy atom. The van der Waals surface area contributed by atoms with Crippen molar-refractivity contribution in [2.24, 2.45) is 0 Å². The summed E-state index contributed by atoms with van der Waals surface area (Å²) in [6.45, 7) is 3.01. The van der Waals surface area contributed by atoms with Crippen LogP contribution in [0.5, 0.6) is 11.5 Å². The molecular weight excluding hydrogens is 304 g/mol. The number of methoxy groups -OCH3 is 2. The maximum Gasteiger partial charge on any atom is 0.160 e. The third-order valence-electron chi connectivity index (χ3n) is 4.14. The van der Waals surface area contributed by atoms with Gasteiger partial charge in [-0.25, -0.2) is 0 Å². The SMILES string of the molecule is COc1ccc(CC(C)NCC(c2ccco2)N(C)C)cc1OC. The normalized spacial score (nSPS) is 13.8. The minimum absolute atomic E-state index is 0.216. The lowest BCUT2D eigenvalue weighted by Gasteiger charge is -2.25. The van der Waals surface area contributed by atoms with Crippen LogP contribution >= 0.6 is 0 Å². The van der Waals surface area contributed by atoms with Gasteiger partial charge in [0.05, 0.1) is 26.5 Å². The van der Waals surface area contributed by atoms with Gasteiger partial charge < -0.3 is 19.2 Å². The second kappa shape index (κ2) is 8.76. The minimum Gasteiger partial charge on any atom is -0.493 e. The summed E-state index contributed by atoms with van der Waals surface area (Å²) in [5, 5.41) is 3.59. The van der Waals surface area contributed by atoms with Crippen molar-refractivity contribution in [1.82, 2.24) is 10.2 Å². The molecule has 2 rings (SSSR count). The number of hydrogen-bond acceptors (Lipinski definition) is 5. The maximum absolute atomic E-state index is 5.55. The molecule has 0 saturated heterocycles. The quantitative estimate of drug-likeness (QED) is 0.764. The van der Waals surface area contributed by atoms with Crippen molar-refractivity contribution in [3.05, 3.63) is 47.9 Å². The van der Waals surface area contributed by atoms with Gasteiger partial charge in [-0.3, -0.25) is 4.90 Å². The fourth-order valence-corrected chi connectivity index (χ4v) is 2.76. The van der Waals surface area contributed by atoms with Crippen LogP contribution in [-0.4, -0.2) is 45.8 Å². The topological polar surface area (TPSA) is 46.9 Å². The zero-order valence-corrected chi connectivity index (χ0v) is 15.2. The van der Waals surface area contributed by atoms with Crippen LogP contribution in [-0.2, 0) is 6.42 Å². The van der Waals surface area contributed by atoms with Gasteiger partial charge in [0.1, 0.15) is 5.76 Å². The van der Waals surface area contributed by atoms with E-state index in [-0.39, 0.29) is 6.04 Å². The monoisotopic (exact) mass is 332 g/mol. The van der Waals surface area contributed by atoms with Crippen molar-refractivity contribution >= 4 is 0 Å². The van der Waals surface area contributed by atoms with Gasteiger partial charge in [0.15, 0.2) is 11.5 Å². The average Bonchev–Trinajstić information content (AvgIpc) is 3.08. The molecule has 1 heterocycles. The molecule has 24 heavy (non-hydrogen) atoms. The smallest absolute Gasteiger partial charge is 0.160 e. The molecule has 1 aromatic carbocycles. The Kier molecular flexibility index (Phi) is 6.70. The second-order valence-corrected chi connectivity index (χ2v) is 6.20. The van der Waals surface area contributed by atoms with E-state index in [1.165, 1.54) is 5.56 Å². The summed E-state index contributed by atoms with van der Waals surface area (Å²) in [7, 11) is 7.44. The first-order valence-corrected chi connectivity index (χ1v) is 8.19. The van der Waals surface area contributed by atoms with Gasteiger partial charge in [0, 0.05) is 12.6 Å². The van der Waals surface area contributed by atoms with E-state index in [1.54, 1.807) is 20.5 Å². The molecule has 0 fully saturated rings. The lowest BCUT2D eigenvalue weighted by atomic mass is 10.1. The van der Waals surface area contributed by atoms with E-state index < -0.39 is 0 Å². The van der Waals surface area contributed by atoms with Crippen molar-refractivity contribution in [3.8, 4) is 11.5 Å². The van der Waals surface area contributed by atoms with Crippen molar-refractivity contribution < 1.29 is 13.9 Å². The van der Waals surface area contributed by atoms with Gasteiger partial charge >= 0.3 is 0 Å². The molecule has 5 heteroatoms. The lowest BCUT2D eigenvalue weighted by molar-refractivity contribution is 0.245. The summed E-state index contributed by atoms with van der Waals surface area (Å²) >= 11 is 0. The number of furan rings is 1. The minimum atomic E-state index is 0.216. The standard InChI is InChI=1S/C19H28N2O3/c1-14(11-15-8-9-18(22-4)19(12-15)23-5)20-13-16(21(2)3)17-7-6-10-24-17/h6-10,12,14,16,20H,11,13H2,1-5H3. The summed E-state index contributed by atoms with van der Waals surface area (Å²) in [6, 6.07) is 10.6. The fraction of sp³-hybridized carbons (Fsp3) is 0.474. The highest BCUT2D eigenvalue weighted by molar-refractivity contribution is 5.43. The van der Waals surface area contributed by atoms with Gasteiger partial charge in [-0.15, -0.1) is 0 Å². The van der Waals surface area contributed by atoms with Crippen molar-refractivity contribution in [2.45, 2.75) is 25.4 Å². The lowest BCUT2D eigenvalue weighted by Crippen LogP contribution is -2.36. The molecule has 1 aromatic heterocycles. The third-order valence-corrected chi connectivity index (χ3v) is 4.14. The number of rotatable bonds is 9. The van der Waals surface area contributed by atoms with Crippen LogP contribution in [0.2, 0.25) is 0 Å². The Morgan fingerprint density at radius 3 is 2.46 bits per heavy atom. The first kappa shape index (κ1) is 18.4. The number of nitrogens with zero attached hydrogens (tertiary/aromatic N) is 1. The second-order valence-electron chi connectivity index (χ2n) is 6.20. The number of benzene rings is 1. The Hall–Kier alpha value is -1.98. The molecule has 1 N–H and O–H groups in total.